The van der Waals surface area contributed by atoms with Gasteiger partial charge in [0.2, 0.25) is 0 Å². The second-order valence-electron chi connectivity index (χ2n) is 3.19. The lowest BCUT2D eigenvalue weighted by atomic mass is 10.1. The highest BCUT2D eigenvalue weighted by Gasteiger charge is 2.14. The van der Waals surface area contributed by atoms with Crippen LogP contribution in [0, 0.1) is 0 Å². The monoisotopic (exact) mass is 179 g/mol. The summed E-state index contributed by atoms with van der Waals surface area (Å²) < 4.78 is 1.66. The highest BCUT2D eigenvalue weighted by atomic mass is 16.1. The molecular formula is C9H13N3O. The molecule has 70 valence electrons. The van der Waals surface area contributed by atoms with Crippen LogP contribution in [0.2, 0.25) is 0 Å². The zero-order valence-electron chi connectivity index (χ0n) is 7.71. The first-order valence-corrected chi connectivity index (χ1v) is 4.61. The molecule has 1 aliphatic heterocycles. The van der Waals surface area contributed by atoms with Crippen LogP contribution in [0.1, 0.15) is 18.2 Å². The topological polar surface area (TPSA) is 46.9 Å². The minimum absolute atomic E-state index is 0.133. The smallest absolute Gasteiger partial charge is 0.256 e. The molecule has 0 unspecified atom stereocenters. The summed E-state index contributed by atoms with van der Waals surface area (Å²) in [6, 6.07) is 0. The van der Waals surface area contributed by atoms with Crippen molar-refractivity contribution < 1.29 is 0 Å². The van der Waals surface area contributed by atoms with Gasteiger partial charge in [0.25, 0.3) is 5.56 Å². The van der Waals surface area contributed by atoms with Crippen molar-refractivity contribution in [1.29, 1.82) is 0 Å². The van der Waals surface area contributed by atoms with Crippen LogP contribution >= 0.6 is 0 Å². The SMILES string of the molecule is CCn1cnc2c(c1=O)CCNC2. The van der Waals surface area contributed by atoms with Gasteiger partial charge in [-0.15, -0.1) is 0 Å². The van der Waals surface area contributed by atoms with Crippen LogP contribution in [0.5, 0.6) is 0 Å². The maximum Gasteiger partial charge on any atom is 0.256 e. The number of nitrogens with zero attached hydrogens (tertiary/aromatic N) is 2. The lowest BCUT2D eigenvalue weighted by Gasteiger charge is -2.16. The van der Waals surface area contributed by atoms with E-state index in [4.69, 9.17) is 0 Å². The maximum absolute atomic E-state index is 11.7. The van der Waals surface area contributed by atoms with Crippen molar-refractivity contribution in [3.05, 3.63) is 27.9 Å². The molecule has 1 aromatic heterocycles. The quantitative estimate of drug-likeness (QED) is 0.655. The number of hydrogen-bond donors (Lipinski definition) is 1. The third kappa shape index (κ3) is 1.37. The van der Waals surface area contributed by atoms with Crippen molar-refractivity contribution in [3.8, 4) is 0 Å². The molecule has 0 amide bonds. The second-order valence-corrected chi connectivity index (χ2v) is 3.19. The van der Waals surface area contributed by atoms with Crippen LogP contribution in [-0.2, 0) is 19.5 Å². The van der Waals surface area contributed by atoms with Gasteiger partial charge in [0, 0.05) is 18.7 Å². The van der Waals surface area contributed by atoms with Gasteiger partial charge in [-0.2, -0.15) is 0 Å². The lowest BCUT2D eigenvalue weighted by molar-refractivity contribution is 0.591. The van der Waals surface area contributed by atoms with E-state index >= 15 is 0 Å². The molecule has 0 bridgehead atoms. The summed E-state index contributed by atoms with van der Waals surface area (Å²) >= 11 is 0. The highest BCUT2D eigenvalue weighted by Crippen LogP contribution is 2.04. The van der Waals surface area contributed by atoms with Crippen molar-refractivity contribution in [2.24, 2.45) is 0 Å². The second kappa shape index (κ2) is 3.30. The Morgan fingerprint density at radius 2 is 2.54 bits per heavy atom. The fraction of sp³-hybridized carbons (Fsp3) is 0.556. The normalized spacial score (nSPS) is 15.5. The average Bonchev–Trinajstić information content (AvgIpc) is 2.19. The van der Waals surface area contributed by atoms with E-state index in [0.717, 1.165) is 30.8 Å². The van der Waals surface area contributed by atoms with Gasteiger partial charge in [-0.3, -0.25) is 9.36 Å². The first kappa shape index (κ1) is 8.44. The molecule has 0 aliphatic carbocycles. The predicted octanol–water partition coefficient (Wildman–Crippen LogP) is -0.0911. The molecule has 2 heterocycles. The number of aromatic nitrogens is 2. The van der Waals surface area contributed by atoms with Gasteiger partial charge < -0.3 is 5.32 Å². The fourth-order valence-corrected chi connectivity index (χ4v) is 1.62. The Morgan fingerprint density at radius 1 is 1.69 bits per heavy atom. The Bertz CT molecular complexity index is 370. The fourth-order valence-electron chi connectivity index (χ4n) is 1.62. The van der Waals surface area contributed by atoms with Crippen LogP contribution in [0.15, 0.2) is 11.1 Å². The molecule has 4 heteroatoms. The van der Waals surface area contributed by atoms with Crippen LogP contribution in [0.3, 0.4) is 0 Å². The summed E-state index contributed by atoms with van der Waals surface area (Å²) in [5, 5.41) is 3.19. The summed E-state index contributed by atoms with van der Waals surface area (Å²) in [7, 11) is 0. The molecule has 1 aromatic rings. The number of fused-ring (bicyclic) bond motifs is 1. The molecule has 13 heavy (non-hydrogen) atoms. The van der Waals surface area contributed by atoms with Crippen molar-refractivity contribution >= 4 is 0 Å². The zero-order valence-corrected chi connectivity index (χ0v) is 7.71. The largest absolute Gasteiger partial charge is 0.311 e. The van der Waals surface area contributed by atoms with Crippen molar-refractivity contribution in [1.82, 2.24) is 14.9 Å². The molecule has 0 aromatic carbocycles. The Hall–Kier alpha value is -1.16. The Balaban J connectivity index is 2.55. The third-order valence-corrected chi connectivity index (χ3v) is 2.41. The molecule has 0 fully saturated rings. The van der Waals surface area contributed by atoms with Gasteiger partial charge in [-0.25, -0.2) is 4.98 Å². The van der Waals surface area contributed by atoms with E-state index in [1.165, 1.54) is 0 Å². The molecule has 0 radical (unpaired) electrons. The van der Waals surface area contributed by atoms with Crippen LogP contribution in [0.25, 0.3) is 0 Å². The van der Waals surface area contributed by atoms with Gasteiger partial charge in [-0.1, -0.05) is 0 Å². The Morgan fingerprint density at radius 3 is 3.31 bits per heavy atom. The summed E-state index contributed by atoms with van der Waals surface area (Å²) in [6.45, 7) is 4.27. The van der Waals surface area contributed by atoms with Gasteiger partial charge in [-0.05, 0) is 19.9 Å². The van der Waals surface area contributed by atoms with E-state index in [1.54, 1.807) is 10.9 Å². The summed E-state index contributed by atoms with van der Waals surface area (Å²) in [4.78, 5) is 16.0. The first-order chi connectivity index (χ1) is 6.33. The number of rotatable bonds is 1. The molecule has 0 saturated heterocycles. The van der Waals surface area contributed by atoms with Gasteiger partial charge in [0.1, 0.15) is 0 Å². The van der Waals surface area contributed by atoms with Gasteiger partial charge >= 0.3 is 0 Å². The van der Waals surface area contributed by atoms with Crippen molar-refractivity contribution in [2.45, 2.75) is 26.4 Å². The molecule has 0 spiro atoms. The Kier molecular flexibility index (Phi) is 2.14. The predicted molar refractivity (Wildman–Crippen MR) is 49.6 cm³/mol. The van der Waals surface area contributed by atoms with Crippen molar-refractivity contribution in [2.75, 3.05) is 6.54 Å². The van der Waals surface area contributed by atoms with E-state index in [0.29, 0.717) is 6.54 Å². The minimum Gasteiger partial charge on any atom is -0.311 e. The number of nitrogens with one attached hydrogen (secondary N) is 1. The van der Waals surface area contributed by atoms with Gasteiger partial charge in [0.05, 0.1) is 12.0 Å². The first-order valence-electron chi connectivity index (χ1n) is 4.61. The van der Waals surface area contributed by atoms with Crippen LogP contribution in [-0.4, -0.2) is 16.1 Å². The minimum atomic E-state index is 0.133. The molecule has 2 rings (SSSR count). The molecule has 0 saturated carbocycles. The van der Waals surface area contributed by atoms with Gasteiger partial charge in [0.15, 0.2) is 0 Å². The number of hydrogen-bond acceptors (Lipinski definition) is 3. The summed E-state index contributed by atoms with van der Waals surface area (Å²) in [5.41, 5.74) is 1.94. The van der Waals surface area contributed by atoms with E-state index in [9.17, 15) is 4.79 Å². The summed E-state index contributed by atoms with van der Waals surface area (Å²) in [5.74, 6) is 0. The number of aryl methyl sites for hydroxylation is 1. The Labute approximate surface area is 76.6 Å². The maximum atomic E-state index is 11.7. The third-order valence-electron chi connectivity index (χ3n) is 2.41. The van der Waals surface area contributed by atoms with Crippen LogP contribution in [0.4, 0.5) is 0 Å². The molecule has 1 N–H and O–H groups in total. The highest BCUT2D eigenvalue weighted by molar-refractivity contribution is 5.19. The zero-order chi connectivity index (χ0) is 9.26. The van der Waals surface area contributed by atoms with E-state index < -0.39 is 0 Å². The average molecular weight is 179 g/mol. The molecule has 1 aliphatic rings. The molecule has 0 atom stereocenters. The summed E-state index contributed by atoms with van der Waals surface area (Å²) in [6.07, 6.45) is 2.44. The van der Waals surface area contributed by atoms with Crippen LogP contribution < -0.4 is 10.9 Å². The molecular weight excluding hydrogens is 166 g/mol. The molecule has 4 nitrogen and oxygen atoms in total. The van der Waals surface area contributed by atoms with E-state index in [2.05, 4.69) is 10.3 Å². The van der Waals surface area contributed by atoms with E-state index in [-0.39, 0.29) is 5.56 Å². The lowest BCUT2D eigenvalue weighted by Crippen LogP contribution is -2.34. The standard InChI is InChI=1S/C9H13N3O/c1-2-12-6-11-8-5-10-4-3-7(8)9(12)13/h6,10H,2-5H2,1H3. The van der Waals surface area contributed by atoms with Crippen molar-refractivity contribution in [3.63, 3.8) is 0 Å². The van der Waals surface area contributed by atoms with E-state index in [1.807, 2.05) is 6.92 Å².